The van der Waals surface area contributed by atoms with Gasteiger partial charge in [-0.3, -0.25) is 9.69 Å². The molecule has 1 saturated heterocycles. The molecule has 0 spiro atoms. The lowest BCUT2D eigenvalue weighted by molar-refractivity contribution is 0.0530. The first-order chi connectivity index (χ1) is 10.1. The monoisotopic (exact) mass is 286 g/mol. The molecular formula is C16H22N4O. The Bertz CT molecular complexity index is 663. The molecule has 0 aliphatic carbocycles. The number of carbonyl (C=O) groups is 1. The van der Waals surface area contributed by atoms with E-state index >= 15 is 0 Å². The molecule has 0 saturated carbocycles. The highest BCUT2D eigenvalue weighted by atomic mass is 16.2. The summed E-state index contributed by atoms with van der Waals surface area (Å²) < 4.78 is 0. The van der Waals surface area contributed by atoms with Gasteiger partial charge in [0.05, 0.1) is 5.56 Å². The van der Waals surface area contributed by atoms with Crippen LogP contribution >= 0.6 is 0 Å². The smallest absolute Gasteiger partial charge is 0.256 e. The number of aromatic amines is 1. The average Bonchev–Trinajstić information content (AvgIpc) is 2.89. The highest BCUT2D eigenvalue weighted by Crippen LogP contribution is 2.23. The number of carbonyl (C=O) groups excluding carboxylic acids is 1. The molecule has 1 aromatic carbocycles. The molecule has 0 bridgehead atoms. The predicted molar refractivity (Wildman–Crippen MR) is 85.3 cm³/mol. The normalized spacial score (nSPS) is 20.1. The fraction of sp³-hybridized carbons (Fsp3) is 0.438. The van der Waals surface area contributed by atoms with Gasteiger partial charge in [-0.2, -0.15) is 0 Å². The van der Waals surface area contributed by atoms with Crippen LogP contribution in [-0.4, -0.2) is 52.9 Å². The second-order valence-electron chi connectivity index (χ2n) is 5.74. The standard InChI is InChI=1S/C16H22N4O/c1-3-19-6-7-20(10-11(19)2)16(21)14-9-18-15-8-12(17)4-5-13(14)15/h4-5,8-9,11,18H,3,6-7,10,17H2,1-2H3. The van der Waals surface area contributed by atoms with Crippen molar-refractivity contribution in [3.05, 3.63) is 30.0 Å². The van der Waals surface area contributed by atoms with E-state index < -0.39 is 0 Å². The Kier molecular flexibility index (Phi) is 3.59. The quantitative estimate of drug-likeness (QED) is 0.829. The summed E-state index contributed by atoms with van der Waals surface area (Å²) in [5.41, 5.74) is 8.14. The third kappa shape index (κ3) is 2.49. The summed E-state index contributed by atoms with van der Waals surface area (Å²) in [7, 11) is 0. The Hall–Kier alpha value is -2.01. The van der Waals surface area contributed by atoms with Crippen LogP contribution < -0.4 is 5.73 Å². The van der Waals surface area contributed by atoms with Crippen molar-refractivity contribution in [1.82, 2.24) is 14.8 Å². The van der Waals surface area contributed by atoms with E-state index in [1.165, 1.54) is 0 Å². The third-order valence-corrected chi connectivity index (χ3v) is 4.39. The Morgan fingerprint density at radius 3 is 2.95 bits per heavy atom. The summed E-state index contributed by atoms with van der Waals surface area (Å²) in [5.74, 6) is 0.105. The summed E-state index contributed by atoms with van der Waals surface area (Å²) in [6.45, 7) is 7.90. The summed E-state index contributed by atoms with van der Waals surface area (Å²) in [6.07, 6.45) is 1.79. The van der Waals surface area contributed by atoms with Crippen molar-refractivity contribution in [3.63, 3.8) is 0 Å². The summed E-state index contributed by atoms with van der Waals surface area (Å²) in [5, 5.41) is 0.944. The van der Waals surface area contributed by atoms with Crippen LogP contribution in [0.15, 0.2) is 24.4 Å². The summed E-state index contributed by atoms with van der Waals surface area (Å²) >= 11 is 0. The highest BCUT2D eigenvalue weighted by molar-refractivity contribution is 6.07. The van der Waals surface area contributed by atoms with Crippen molar-refractivity contribution in [2.24, 2.45) is 0 Å². The van der Waals surface area contributed by atoms with E-state index in [1.807, 2.05) is 23.1 Å². The number of aromatic nitrogens is 1. The van der Waals surface area contributed by atoms with Gasteiger partial charge in [0.25, 0.3) is 5.91 Å². The maximum absolute atomic E-state index is 12.8. The van der Waals surface area contributed by atoms with Crippen LogP contribution in [-0.2, 0) is 0 Å². The fourth-order valence-corrected chi connectivity index (χ4v) is 3.14. The molecule has 1 amide bonds. The van der Waals surface area contributed by atoms with E-state index in [2.05, 4.69) is 23.7 Å². The molecule has 3 rings (SSSR count). The third-order valence-electron chi connectivity index (χ3n) is 4.39. The number of nitrogens with two attached hydrogens (primary N) is 1. The van der Waals surface area contributed by atoms with Crippen molar-refractivity contribution >= 4 is 22.5 Å². The number of amides is 1. The van der Waals surface area contributed by atoms with Crippen LogP contribution in [0.3, 0.4) is 0 Å². The molecule has 0 radical (unpaired) electrons. The number of nitrogens with one attached hydrogen (secondary N) is 1. The molecule has 1 aliphatic rings. The average molecular weight is 286 g/mol. The molecule has 1 aromatic heterocycles. The van der Waals surface area contributed by atoms with Gasteiger partial charge in [0.15, 0.2) is 0 Å². The zero-order valence-corrected chi connectivity index (χ0v) is 12.6. The first-order valence-electron chi connectivity index (χ1n) is 7.50. The lowest BCUT2D eigenvalue weighted by atomic mass is 10.1. The molecule has 1 aliphatic heterocycles. The van der Waals surface area contributed by atoms with Crippen molar-refractivity contribution in [3.8, 4) is 0 Å². The summed E-state index contributed by atoms with van der Waals surface area (Å²) in [4.78, 5) is 20.3. The minimum absolute atomic E-state index is 0.105. The number of fused-ring (bicyclic) bond motifs is 1. The van der Waals surface area contributed by atoms with E-state index in [4.69, 9.17) is 5.73 Å². The molecule has 21 heavy (non-hydrogen) atoms. The predicted octanol–water partition coefficient (Wildman–Crippen LogP) is 1.92. The molecule has 112 valence electrons. The van der Waals surface area contributed by atoms with Crippen LogP contribution in [0.25, 0.3) is 10.9 Å². The van der Waals surface area contributed by atoms with Crippen molar-refractivity contribution in [2.75, 3.05) is 31.9 Å². The Morgan fingerprint density at radius 2 is 2.24 bits per heavy atom. The minimum Gasteiger partial charge on any atom is -0.399 e. The number of anilines is 1. The number of benzene rings is 1. The second-order valence-corrected chi connectivity index (χ2v) is 5.74. The number of nitrogens with zero attached hydrogens (tertiary/aromatic N) is 2. The zero-order chi connectivity index (χ0) is 15.0. The molecule has 5 nitrogen and oxygen atoms in total. The van der Waals surface area contributed by atoms with Crippen LogP contribution in [0.2, 0.25) is 0 Å². The Labute approximate surface area is 124 Å². The number of hydrogen-bond acceptors (Lipinski definition) is 3. The van der Waals surface area contributed by atoms with Gasteiger partial charge < -0.3 is 15.6 Å². The molecule has 1 atom stereocenters. The number of nitrogen functional groups attached to an aromatic ring is 1. The molecule has 1 fully saturated rings. The number of H-pyrrole nitrogens is 1. The van der Waals surface area contributed by atoms with Crippen LogP contribution in [0.1, 0.15) is 24.2 Å². The SMILES string of the molecule is CCN1CCN(C(=O)c2c[nH]c3cc(N)ccc23)CC1C. The van der Waals surface area contributed by atoms with E-state index in [9.17, 15) is 4.79 Å². The highest BCUT2D eigenvalue weighted by Gasteiger charge is 2.27. The number of hydrogen-bond donors (Lipinski definition) is 2. The van der Waals surface area contributed by atoms with E-state index in [0.29, 0.717) is 11.7 Å². The minimum atomic E-state index is 0.105. The maximum Gasteiger partial charge on any atom is 0.256 e. The fourth-order valence-electron chi connectivity index (χ4n) is 3.14. The first kappa shape index (κ1) is 13.9. The maximum atomic E-state index is 12.8. The molecule has 3 N–H and O–H groups in total. The van der Waals surface area contributed by atoms with Crippen LogP contribution in [0.4, 0.5) is 5.69 Å². The molecule has 2 aromatic rings. The molecule has 1 unspecified atom stereocenters. The summed E-state index contributed by atoms with van der Waals surface area (Å²) in [6, 6.07) is 6.03. The molecular weight excluding hydrogens is 264 g/mol. The topological polar surface area (TPSA) is 65.4 Å². The van der Waals surface area contributed by atoms with Gasteiger partial charge in [0.1, 0.15) is 0 Å². The molecule has 2 heterocycles. The van der Waals surface area contributed by atoms with Crippen molar-refractivity contribution in [1.29, 1.82) is 0 Å². The number of piperazine rings is 1. The first-order valence-corrected chi connectivity index (χ1v) is 7.50. The number of likely N-dealkylation sites (N-methyl/N-ethyl adjacent to an activating group) is 1. The molecule has 5 heteroatoms. The number of rotatable bonds is 2. The lowest BCUT2D eigenvalue weighted by Crippen LogP contribution is -2.53. The van der Waals surface area contributed by atoms with Crippen LogP contribution in [0.5, 0.6) is 0 Å². The lowest BCUT2D eigenvalue weighted by Gasteiger charge is -2.39. The largest absolute Gasteiger partial charge is 0.399 e. The van der Waals surface area contributed by atoms with Gasteiger partial charge in [-0.15, -0.1) is 0 Å². The zero-order valence-electron chi connectivity index (χ0n) is 12.6. The van der Waals surface area contributed by atoms with E-state index in [0.717, 1.165) is 42.6 Å². The van der Waals surface area contributed by atoms with Crippen LogP contribution in [0, 0.1) is 0 Å². The Balaban J connectivity index is 1.84. The van der Waals surface area contributed by atoms with Gasteiger partial charge in [0.2, 0.25) is 0 Å². The van der Waals surface area contributed by atoms with Gasteiger partial charge in [0, 0.05) is 48.5 Å². The van der Waals surface area contributed by atoms with Gasteiger partial charge in [-0.1, -0.05) is 6.92 Å². The van der Waals surface area contributed by atoms with E-state index in [-0.39, 0.29) is 5.91 Å². The van der Waals surface area contributed by atoms with E-state index in [1.54, 1.807) is 6.20 Å². The Morgan fingerprint density at radius 1 is 1.43 bits per heavy atom. The van der Waals surface area contributed by atoms with Gasteiger partial charge >= 0.3 is 0 Å². The van der Waals surface area contributed by atoms with Crippen molar-refractivity contribution < 1.29 is 4.79 Å². The van der Waals surface area contributed by atoms with Crippen molar-refractivity contribution in [2.45, 2.75) is 19.9 Å². The van der Waals surface area contributed by atoms with Gasteiger partial charge in [-0.25, -0.2) is 0 Å². The second kappa shape index (κ2) is 5.41. The van der Waals surface area contributed by atoms with Gasteiger partial charge in [-0.05, 0) is 31.7 Å².